The lowest BCUT2D eigenvalue weighted by molar-refractivity contribution is -0.148. The molecule has 1 aliphatic rings. The molecule has 0 aromatic heterocycles. The summed E-state index contributed by atoms with van der Waals surface area (Å²) < 4.78 is 7.01. The van der Waals surface area contributed by atoms with Crippen LogP contribution in [0, 0.1) is 3.57 Å². The van der Waals surface area contributed by atoms with Crippen LogP contribution in [0.5, 0.6) is 0 Å². The van der Waals surface area contributed by atoms with Crippen LogP contribution >= 0.6 is 22.6 Å². The van der Waals surface area contributed by atoms with Gasteiger partial charge in [0.25, 0.3) is 0 Å². The lowest BCUT2D eigenvalue weighted by Gasteiger charge is -2.24. The molecule has 0 radical (unpaired) electrons. The van der Waals surface area contributed by atoms with Gasteiger partial charge in [0.05, 0.1) is 0 Å². The quantitative estimate of drug-likeness (QED) is 0.453. The van der Waals surface area contributed by atoms with Crippen LogP contribution in [-0.4, -0.2) is 12.0 Å². The Morgan fingerprint density at radius 2 is 1.76 bits per heavy atom. The number of benzene rings is 3. The van der Waals surface area contributed by atoms with E-state index in [9.17, 15) is 4.79 Å². The Morgan fingerprint density at radius 3 is 2.56 bits per heavy atom. The minimum absolute atomic E-state index is 0.200. The van der Waals surface area contributed by atoms with Gasteiger partial charge in [0.1, 0.15) is 11.6 Å². The minimum atomic E-state index is -0.626. The standard InChI is InChI=1S/C21H18INO2/c1-21(18-8-4-6-14-5-2-3-7-17(14)18)13-19(20(24)25-21)23-16-11-9-15(22)10-12-16/h2-12,19,23H,13H2,1H3. The highest BCUT2D eigenvalue weighted by Crippen LogP contribution is 2.40. The van der Waals surface area contributed by atoms with Gasteiger partial charge < -0.3 is 10.1 Å². The van der Waals surface area contributed by atoms with Crippen molar-refractivity contribution in [3.63, 3.8) is 0 Å². The van der Waals surface area contributed by atoms with Crippen molar-refractivity contribution in [1.82, 2.24) is 0 Å². The molecule has 25 heavy (non-hydrogen) atoms. The summed E-state index contributed by atoms with van der Waals surface area (Å²) in [6.45, 7) is 2.00. The first kappa shape index (κ1) is 16.4. The number of cyclic esters (lactones) is 1. The smallest absolute Gasteiger partial charge is 0.329 e. The second-order valence-electron chi connectivity index (χ2n) is 6.59. The van der Waals surface area contributed by atoms with Crippen molar-refractivity contribution in [2.24, 2.45) is 0 Å². The predicted molar refractivity (Wildman–Crippen MR) is 109 cm³/mol. The number of hydrogen-bond donors (Lipinski definition) is 1. The predicted octanol–water partition coefficient (Wildman–Crippen LogP) is 5.09. The number of hydrogen-bond acceptors (Lipinski definition) is 3. The fourth-order valence-corrected chi connectivity index (χ4v) is 3.88. The number of anilines is 1. The molecule has 3 aromatic rings. The highest BCUT2D eigenvalue weighted by molar-refractivity contribution is 14.1. The Hall–Kier alpha value is -2.08. The molecule has 0 aliphatic carbocycles. The van der Waals surface area contributed by atoms with Gasteiger partial charge in [0.15, 0.2) is 0 Å². The fourth-order valence-electron chi connectivity index (χ4n) is 3.52. The summed E-state index contributed by atoms with van der Waals surface area (Å²) in [7, 11) is 0. The van der Waals surface area contributed by atoms with E-state index in [-0.39, 0.29) is 12.0 Å². The molecule has 0 spiro atoms. The molecule has 3 aromatic carbocycles. The third-order valence-electron chi connectivity index (χ3n) is 4.75. The highest BCUT2D eigenvalue weighted by Gasteiger charge is 2.45. The second-order valence-corrected chi connectivity index (χ2v) is 7.83. The molecular weight excluding hydrogens is 425 g/mol. The summed E-state index contributed by atoms with van der Waals surface area (Å²) >= 11 is 2.27. The Kier molecular flexibility index (Phi) is 4.15. The summed E-state index contributed by atoms with van der Waals surface area (Å²) in [6, 6.07) is 22.1. The molecule has 2 unspecified atom stereocenters. The third-order valence-corrected chi connectivity index (χ3v) is 5.47. The van der Waals surface area contributed by atoms with Crippen molar-refractivity contribution in [2.75, 3.05) is 5.32 Å². The number of fused-ring (bicyclic) bond motifs is 1. The summed E-state index contributed by atoms with van der Waals surface area (Å²) in [4.78, 5) is 12.5. The zero-order valence-electron chi connectivity index (χ0n) is 13.8. The van der Waals surface area contributed by atoms with Crippen molar-refractivity contribution in [3.8, 4) is 0 Å². The van der Waals surface area contributed by atoms with E-state index >= 15 is 0 Å². The van der Waals surface area contributed by atoms with Gasteiger partial charge in [-0.05, 0) is 64.6 Å². The van der Waals surface area contributed by atoms with Crippen LogP contribution in [0.3, 0.4) is 0 Å². The lowest BCUT2D eigenvalue weighted by atomic mass is 9.87. The van der Waals surface area contributed by atoms with Gasteiger partial charge in [-0.15, -0.1) is 0 Å². The van der Waals surface area contributed by atoms with E-state index in [0.29, 0.717) is 6.42 Å². The van der Waals surface area contributed by atoms with Crippen molar-refractivity contribution < 1.29 is 9.53 Å². The first-order chi connectivity index (χ1) is 12.0. The largest absolute Gasteiger partial charge is 0.453 e. The maximum Gasteiger partial charge on any atom is 0.329 e. The van der Waals surface area contributed by atoms with E-state index in [4.69, 9.17) is 4.74 Å². The summed E-state index contributed by atoms with van der Waals surface area (Å²) in [5.74, 6) is -0.200. The zero-order chi connectivity index (χ0) is 17.4. The van der Waals surface area contributed by atoms with E-state index in [0.717, 1.165) is 25.6 Å². The normalized spacial score (nSPS) is 22.8. The summed E-state index contributed by atoms with van der Waals surface area (Å²) in [6.07, 6.45) is 0.603. The summed E-state index contributed by atoms with van der Waals surface area (Å²) in [5.41, 5.74) is 1.37. The molecular formula is C21H18INO2. The Bertz CT molecular complexity index is 933. The molecule has 0 amide bonds. The first-order valence-corrected chi connectivity index (χ1v) is 9.36. The van der Waals surface area contributed by atoms with Crippen LogP contribution in [0.4, 0.5) is 5.69 Å². The van der Waals surface area contributed by atoms with Crippen LogP contribution in [0.2, 0.25) is 0 Å². The minimum Gasteiger partial charge on any atom is -0.453 e. The number of nitrogens with one attached hydrogen (secondary N) is 1. The number of esters is 1. The van der Waals surface area contributed by atoms with E-state index in [2.05, 4.69) is 52.2 Å². The van der Waals surface area contributed by atoms with Crippen LogP contribution < -0.4 is 5.32 Å². The van der Waals surface area contributed by atoms with Gasteiger partial charge >= 0.3 is 5.97 Å². The molecule has 3 nitrogen and oxygen atoms in total. The number of halogens is 1. The van der Waals surface area contributed by atoms with Crippen LogP contribution in [0.25, 0.3) is 10.8 Å². The topological polar surface area (TPSA) is 38.3 Å². The molecule has 4 rings (SSSR count). The van der Waals surface area contributed by atoms with Gasteiger partial charge in [-0.1, -0.05) is 42.5 Å². The molecule has 1 aliphatic heterocycles. The van der Waals surface area contributed by atoms with Crippen molar-refractivity contribution in [1.29, 1.82) is 0 Å². The molecule has 0 saturated carbocycles. The Balaban J connectivity index is 1.64. The molecule has 1 heterocycles. The van der Waals surface area contributed by atoms with E-state index < -0.39 is 5.60 Å². The lowest BCUT2D eigenvalue weighted by Crippen LogP contribution is -2.25. The Labute approximate surface area is 160 Å². The van der Waals surface area contributed by atoms with Crippen LogP contribution in [0.15, 0.2) is 66.7 Å². The maximum atomic E-state index is 12.5. The van der Waals surface area contributed by atoms with Crippen molar-refractivity contribution >= 4 is 45.0 Å². The number of rotatable bonds is 3. The average Bonchev–Trinajstić information content (AvgIpc) is 2.91. The molecule has 126 valence electrons. The van der Waals surface area contributed by atoms with Crippen molar-refractivity contribution in [3.05, 3.63) is 75.9 Å². The van der Waals surface area contributed by atoms with E-state index in [1.54, 1.807) is 0 Å². The van der Waals surface area contributed by atoms with Crippen molar-refractivity contribution in [2.45, 2.75) is 25.0 Å². The molecule has 1 saturated heterocycles. The molecule has 1 fully saturated rings. The number of ether oxygens (including phenoxy) is 1. The van der Waals surface area contributed by atoms with Gasteiger partial charge in [0, 0.05) is 21.2 Å². The summed E-state index contributed by atoms with van der Waals surface area (Å²) in [5, 5.41) is 5.61. The fraction of sp³-hybridized carbons (Fsp3) is 0.190. The van der Waals surface area contributed by atoms with Crippen LogP contribution in [0.1, 0.15) is 18.9 Å². The van der Waals surface area contributed by atoms with Gasteiger partial charge in [-0.25, -0.2) is 4.79 Å². The molecule has 4 heteroatoms. The SMILES string of the molecule is CC1(c2cccc3ccccc23)CC(Nc2ccc(I)cc2)C(=O)O1. The molecule has 1 N–H and O–H groups in total. The van der Waals surface area contributed by atoms with Gasteiger partial charge in [-0.3, -0.25) is 0 Å². The third kappa shape index (κ3) is 3.11. The maximum absolute atomic E-state index is 12.5. The van der Waals surface area contributed by atoms with Gasteiger partial charge in [-0.2, -0.15) is 0 Å². The zero-order valence-corrected chi connectivity index (χ0v) is 16.0. The Morgan fingerprint density at radius 1 is 1.04 bits per heavy atom. The first-order valence-electron chi connectivity index (χ1n) is 8.28. The van der Waals surface area contributed by atoms with Gasteiger partial charge in [0.2, 0.25) is 0 Å². The average molecular weight is 443 g/mol. The van der Waals surface area contributed by atoms with Crippen LogP contribution in [-0.2, 0) is 15.1 Å². The van der Waals surface area contributed by atoms with E-state index in [1.165, 1.54) is 0 Å². The highest BCUT2D eigenvalue weighted by atomic mass is 127. The monoisotopic (exact) mass is 443 g/mol. The number of carbonyl (C=O) groups excluding carboxylic acids is 1. The molecule has 2 atom stereocenters. The second kappa shape index (κ2) is 6.33. The molecule has 0 bridgehead atoms. The van der Waals surface area contributed by atoms with E-state index in [1.807, 2.05) is 49.4 Å². The number of carbonyl (C=O) groups is 1.